The second-order valence-electron chi connectivity index (χ2n) is 8.27. The molecule has 0 fully saturated rings. The van der Waals surface area contributed by atoms with Gasteiger partial charge in [-0.2, -0.15) is 0 Å². The standard InChI is InChI=1S/C21H25NO3/c1-11-7-12(2)16(13(3)8-11)18-19(24)17-14(22(6)20(18)25)9-21(4,5)10-15(17)23/h7-8,18H,9-10H2,1-6H3. The minimum absolute atomic E-state index is 0.136. The van der Waals surface area contributed by atoms with E-state index in [4.69, 9.17) is 0 Å². The van der Waals surface area contributed by atoms with Gasteiger partial charge < -0.3 is 4.90 Å². The van der Waals surface area contributed by atoms with Crippen LogP contribution < -0.4 is 0 Å². The molecule has 1 amide bonds. The molecule has 25 heavy (non-hydrogen) atoms. The fraction of sp³-hybridized carbons (Fsp3) is 0.476. The Labute approximate surface area is 148 Å². The first-order valence-corrected chi connectivity index (χ1v) is 8.69. The summed E-state index contributed by atoms with van der Waals surface area (Å²) in [6, 6.07) is 3.97. The lowest BCUT2D eigenvalue weighted by Gasteiger charge is -2.40. The predicted octanol–water partition coefficient (Wildman–Crippen LogP) is 3.38. The summed E-state index contributed by atoms with van der Waals surface area (Å²) in [7, 11) is 1.69. The molecule has 1 unspecified atom stereocenters. The van der Waals surface area contributed by atoms with E-state index in [1.807, 2.05) is 46.8 Å². The molecule has 2 aliphatic rings. The predicted molar refractivity (Wildman–Crippen MR) is 96.2 cm³/mol. The molecule has 0 spiro atoms. The molecular weight excluding hydrogens is 314 g/mol. The maximum Gasteiger partial charge on any atom is 0.241 e. The Bertz CT molecular complexity index is 822. The van der Waals surface area contributed by atoms with Gasteiger partial charge in [0, 0.05) is 19.2 Å². The van der Waals surface area contributed by atoms with E-state index in [1.165, 1.54) is 0 Å². The number of nitrogens with zero attached hydrogens (tertiary/aromatic N) is 1. The van der Waals surface area contributed by atoms with Crippen molar-refractivity contribution in [3.05, 3.63) is 45.7 Å². The molecule has 0 aromatic heterocycles. The second-order valence-corrected chi connectivity index (χ2v) is 8.27. The summed E-state index contributed by atoms with van der Waals surface area (Å²) >= 11 is 0. The first-order chi connectivity index (χ1) is 11.5. The van der Waals surface area contributed by atoms with E-state index in [9.17, 15) is 14.4 Å². The number of amides is 1. The normalized spacial score (nSPS) is 23.2. The largest absolute Gasteiger partial charge is 0.317 e. The minimum Gasteiger partial charge on any atom is -0.317 e. The highest BCUT2D eigenvalue weighted by Gasteiger charge is 2.47. The van der Waals surface area contributed by atoms with Crippen molar-refractivity contribution in [3.8, 4) is 0 Å². The Balaban J connectivity index is 2.18. The first kappa shape index (κ1) is 17.6. The van der Waals surface area contributed by atoms with E-state index in [1.54, 1.807) is 11.9 Å². The summed E-state index contributed by atoms with van der Waals surface area (Å²) in [6.07, 6.45) is 0.915. The van der Waals surface area contributed by atoms with Crippen LogP contribution in [0.15, 0.2) is 23.4 Å². The number of carbonyl (C=O) groups excluding carboxylic acids is 3. The van der Waals surface area contributed by atoms with Gasteiger partial charge in [0.05, 0.1) is 5.57 Å². The van der Waals surface area contributed by atoms with Crippen LogP contribution in [0, 0.1) is 26.2 Å². The molecule has 0 saturated heterocycles. The van der Waals surface area contributed by atoms with E-state index in [0.717, 1.165) is 22.3 Å². The number of benzene rings is 1. The summed E-state index contributed by atoms with van der Waals surface area (Å²) < 4.78 is 0. The number of rotatable bonds is 1. The van der Waals surface area contributed by atoms with Crippen molar-refractivity contribution >= 4 is 17.5 Å². The lowest BCUT2D eigenvalue weighted by Crippen LogP contribution is -2.47. The van der Waals surface area contributed by atoms with Crippen LogP contribution in [-0.4, -0.2) is 29.4 Å². The van der Waals surface area contributed by atoms with E-state index in [0.29, 0.717) is 18.5 Å². The molecule has 132 valence electrons. The molecule has 3 rings (SSSR count). The van der Waals surface area contributed by atoms with Crippen molar-refractivity contribution in [1.29, 1.82) is 0 Å². The molecule has 4 nitrogen and oxygen atoms in total. The molecule has 0 N–H and O–H groups in total. The van der Waals surface area contributed by atoms with Crippen LogP contribution in [0.25, 0.3) is 0 Å². The second kappa shape index (κ2) is 5.65. The molecule has 0 bridgehead atoms. The van der Waals surface area contributed by atoms with Gasteiger partial charge in [0.25, 0.3) is 0 Å². The molecule has 1 aromatic rings. The summed E-state index contributed by atoms with van der Waals surface area (Å²) in [5, 5.41) is 0. The van der Waals surface area contributed by atoms with Crippen molar-refractivity contribution in [2.24, 2.45) is 5.41 Å². The Morgan fingerprint density at radius 1 is 1.00 bits per heavy atom. The highest BCUT2D eigenvalue weighted by molar-refractivity contribution is 6.30. The zero-order valence-corrected chi connectivity index (χ0v) is 15.8. The summed E-state index contributed by atoms with van der Waals surface area (Å²) in [6.45, 7) is 9.83. The molecule has 1 atom stereocenters. The van der Waals surface area contributed by atoms with Crippen molar-refractivity contribution in [3.63, 3.8) is 0 Å². The Morgan fingerprint density at radius 3 is 2.12 bits per heavy atom. The average molecular weight is 339 g/mol. The molecule has 1 heterocycles. The molecule has 1 aliphatic heterocycles. The van der Waals surface area contributed by atoms with Crippen molar-refractivity contribution in [2.45, 2.75) is 53.4 Å². The quantitative estimate of drug-likeness (QED) is 0.582. The number of hydrogen-bond donors (Lipinski definition) is 0. The third-order valence-electron chi connectivity index (χ3n) is 5.37. The van der Waals surface area contributed by atoms with E-state index in [2.05, 4.69) is 0 Å². The Morgan fingerprint density at radius 2 is 1.56 bits per heavy atom. The summed E-state index contributed by atoms with van der Waals surface area (Å²) in [5.74, 6) is -1.60. The zero-order chi connectivity index (χ0) is 18.7. The van der Waals surface area contributed by atoms with Gasteiger partial charge >= 0.3 is 0 Å². The van der Waals surface area contributed by atoms with Crippen molar-refractivity contribution in [2.75, 3.05) is 7.05 Å². The van der Waals surface area contributed by atoms with Crippen LogP contribution in [0.1, 0.15) is 54.9 Å². The van der Waals surface area contributed by atoms with Gasteiger partial charge in [-0.25, -0.2) is 0 Å². The van der Waals surface area contributed by atoms with Crippen LogP contribution in [0.3, 0.4) is 0 Å². The van der Waals surface area contributed by atoms with Crippen LogP contribution in [-0.2, 0) is 14.4 Å². The number of Topliss-reactive ketones (excluding diaryl/α,β-unsaturated/α-hetero) is 2. The number of allylic oxidation sites excluding steroid dienone is 2. The van der Waals surface area contributed by atoms with Gasteiger partial charge in [-0.3, -0.25) is 14.4 Å². The van der Waals surface area contributed by atoms with Gasteiger partial charge in [-0.05, 0) is 49.3 Å². The zero-order valence-electron chi connectivity index (χ0n) is 15.8. The Kier molecular flexibility index (Phi) is 3.98. The highest BCUT2D eigenvalue weighted by Crippen LogP contribution is 2.44. The molecule has 1 aliphatic carbocycles. The maximum atomic E-state index is 13.2. The van der Waals surface area contributed by atoms with Gasteiger partial charge in [-0.1, -0.05) is 31.5 Å². The van der Waals surface area contributed by atoms with Crippen molar-refractivity contribution < 1.29 is 14.4 Å². The van der Waals surface area contributed by atoms with Gasteiger partial charge in [0.2, 0.25) is 5.91 Å². The van der Waals surface area contributed by atoms with Crippen molar-refractivity contribution in [1.82, 2.24) is 4.90 Å². The van der Waals surface area contributed by atoms with Crippen LogP contribution >= 0.6 is 0 Å². The van der Waals surface area contributed by atoms with E-state index < -0.39 is 5.92 Å². The fourth-order valence-electron chi connectivity index (χ4n) is 4.34. The third kappa shape index (κ3) is 2.74. The Hall–Kier alpha value is -2.23. The molecule has 1 aromatic carbocycles. The van der Waals surface area contributed by atoms with E-state index in [-0.39, 0.29) is 28.5 Å². The van der Waals surface area contributed by atoms with Gasteiger partial charge in [-0.15, -0.1) is 0 Å². The third-order valence-corrected chi connectivity index (χ3v) is 5.37. The maximum absolute atomic E-state index is 13.2. The smallest absolute Gasteiger partial charge is 0.241 e. The minimum atomic E-state index is -0.908. The number of likely N-dealkylation sites (N-methyl/N-ethyl adjacent to an activating group) is 1. The lowest BCUT2D eigenvalue weighted by molar-refractivity contribution is -0.137. The molecule has 4 heteroatoms. The summed E-state index contributed by atoms with van der Waals surface area (Å²) in [4.78, 5) is 40.5. The topological polar surface area (TPSA) is 54.5 Å². The number of hydrogen-bond acceptors (Lipinski definition) is 3. The van der Waals surface area contributed by atoms with E-state index >= 15 is 0 Å². The van der Waals surface area contributed by atoms with Gasteiger partial charge in [0.15, 0.2) is 11.6 Å². The van der Waals surface area contributed by atoms with Crippen LogP contribution in [0.2, 0.25) is 0 Å². The number of ketones is 2. The van der Waals surface area contributed by atoms with Gasteiger partial charge in [0.1, 0.15) is 5.92 Å². The fourth-order valence-corrected chi connectivity index (χ4v) is 4.34. The number of aryl methyl sites for hydroxylation is 3. The molecule has 0 radical (unpaired) electrons. The summed E-state index contributed by atoms with van der Waals surface area (Å²) in [5.41, 5.74) is 4.29. The lowest BCUT2D eigenvalue weighted by atomic mass is 9.70. The average Bonchev–Trinajstić information content (AvgIpc) is 2.45. The first-order valence-electron chi connectivity index (χ1n) is 8.69. The van der Waals surface area contributed by atoms with Crippen LogP contribution in [0.5, 0.6) is 0 Å². The number of carbonyl (C=O) groups is 3. The molecule has 0 saturated carbocycles. The van der Waals surface area contributed by atoms with Crippen LogP contribution in [0.4, 0.5) is 0 Å². The molecular formula is C21H25NO3. The monoisotopic (exact) mass is 339 g/mol. The highest BCUT2D eigenvalue weighted by atomic mass is 16.2. The SMILES string of the molecule is Cc1cc(C)c(C2C(=O)C3=C(CC(C)(C)CC3=O)N(C)C2=O)c(C)c1.